The van der Waals surface area contributed by atoms with Crippen LogP contribution in [0.3, 0.4) is 0 Å². The maximum Gasteiger partial charge on any atom is 0.327 e. The van der Waals surface area contributed by atoms with Crippen molar-refractivity contribution in [2.24, 2.45) is 17.2 Å². The summed E-state index contributed by atoms with van der Waals surface area (Å²) < 4.78 is 0. The van der Waals surface area contributed by atoms with Crippen LogP contribution in [0, 0.1) is 0 Å². The Bertz CT molecular complexity index is 830. The Morgan fingerprint density at radius 1 is 0.657 bits per heavy atom. The molecule has 0 aliphatic rings. The fraction of sp³-hybridized carbons (Fsp3) is 0.588. The van der Waals surface area contributed by atoms with Crippen LogP contribution in [0.5, 0.6) is 0 Å². The Kier molecular flexibility index (Phi) is 14.4. The molecule has 198 valence electrons. The van der Waals surface area contributed by atoms with Gasteiger partial charge >= 0.3 is 5.97 Å². The number of hydrogen-bond donors (Lipinski definition) is 11. The van der Waals surface area contributed by atoms with Crippen LogP contribution in [0.25, 0.3) is 0 Å². The van der Waals surface area contributed by atoms with Crippen molar-refractivity contribution < 1.29 is 43.8 Å². The zero-order valence-electron chi connectivity index (χ0n) is 18.3. The first-order chi connectivity index (χ1) is 16.3. The molecule has 35 heavy (non-hydrogen) atoms. The maximum absolute atomic E-state index is 12.6. The van der Waals surface area contributed by atoms with E-state index in [1.165, 1.54) is 0 Å². The highest BCUT2D eigenvalue weighted by Gasteiger charge is 2.32. The number of nitrogens with two attached hydrogens (primary N) is 3. The molecule has 0 aliphatic heterocycles. The van der Waals surface area contributed by atoms with E-state index in [1.807, 2.05) is 5.32 Å². The first-order valence-corrected chi connectivity index (χ1v) is 11.1. The predicted molar refractivity (Wildman–Crippen MR) is 126 cm³/mol. The predicted octanol–water partition coefficient (Wildman–Crippen LogP) is -6.06. The molecule has 0 aromatic rings. The lowest BCUT2D eigenvalue weighted by Crippen LogP contribution is -2.60. The van der Waals surface area contributed by atoms with Gasteiger partial charge < -0.3 is 48.7 Å². The van der Waals surface area contributed by atoms with Gasteiger partial charge in [0, 0.05) is 11.5 Å². The number of nitrogens with one attached hydrogen (secondary N) is 4. The van der Waals surface area contributed by atoms with E-state index in [0.29, 0.717) is 0 Å². The summed E-state index contributed by atoms with van der Waals surface area (Å²) in [5, 5.41) is 26.9. The third-order valence-corrected chi connectivity index (χ3v) is 4.98. The molecule has 0 unspecified atom stereocenters. The van der Waals surface area contributed by atoms with E-state index in [0.717, 1.165) is 0 Å². The van der Waals surface area contributed by atoms with Gasteiger partial charge in [-0.25, -0.2) is 4.79 Å². The second kappa shape index (κ2) is 15.7. The SMILES string of the molecule is NC(=O)C[C@H](NC(=O)[C@H](CO)NC(=O)[C@H](CC(N)=O)NC(=O)[C@@H](N)CS)C(=O)N[C@@H](CS)C(=O)O. The van der Waals surface area contributed by atoms with Gasteiger partial charge in [-0.2, -0.15) is 25.3 Å². The van der Waals surface area contributed by atoms with E-state index in [4.69, 9.17) is 22.3 Å². The van der Waals surface area contributed by atoms with E-state index < -0.39 is 91.1 Å². The van der Waals surface area contributed by atoms with Gasteiger partial charge in [0.05, 0.1) is 25.5 Å². The Hall–Kier alpha value is -3.09. The molecule has 18 heteroatoms. The van der Waals surface area contributed by atoms with Crippen LogP contribution in [0.2, 0.25) is 0 Å². The smallest absolute Gasteiger partial charge is 0.327 e. The van der Waals surface area contributed by atoms with Gasteiger partial charge in [0.15, 0.2) is 0 Å². The van der Waals surface area contributed by atoms with Gasteiger partial charge in [0.25, 0.3) is 0 Å². The number of amides is 6. The van der Waals surface area contributed by atoms with Crippen LogP contribution in [0.4, 0.5) is 0 Å². The number of primary amides is 2. The summed E-state index contributed by atoms with van der Waals surface area (Å²) in [4.78, 5) is 83.1. The average Bonchev–Trinajstić information content (AvgIpc) is 2.77. The lowest BCUT2D eigenvalue weighted by molar-refractivity contribution is -0.141. The van der Waals surface area contributed by atoms with Crippen LogP contribution < -0.4 is 38.5 Å². The van der Waals surface area contributed by atoms with Crippen molar-refractivity contribution in [1.82, 2.24) is 21.3 Å². The monoisotopic (exact) mass is 539 g/mol. The molecule has 0 bridgehead atoms. The van der Waals surface area contributed by atoms with Gasteiger partial charge in [-0.3, -0.25) is 28.8 Å². The van der Waals surface area contributed by atoms with E-state index in [2.05, 4.69) is 41.2 Å². The molecule has 16 nitrogen and oxygen atoms in total. The maximum atomic E-state index is 12.6. The summed E-state index contributed by atoms with van der Waals surface area (Å²) in [6.07, 6.45) is -1.42. The Morgan fingerprint density at radius 3 is 1.37 bits per heavy atom. The van der Waals surface area contributed by atoms with E-state index in [1.54, 1.807) is 0 Å². The first-order valence-electron chi connectivity index (χ1n) is 9.86. The lowest BCUT2D eigenvalue weighted by atomic mass is 10.1. The normalized spacial score (nSPS) is 14.9. The van der Waals surface area contributed by atoms with Crippen molar-refractivity contribution >= 4 is 66.7 Å². The number of hydrogen-bond acceptors (Lipinski definition) is 11. The van der Waals surface area contributed by atoms with Gasteiger partial charge in [0.1, 0.15) is 24.2 Å². The molecule has 5 atom stereocenters. The molecule has 0 rings (SSSR count). The lowest BCUT2D eigenvalue weighted by Gasteiger charge is -2.24. The second-order valence-electron chi connectivity index (χ2n) is 7.08. The zero-order valence-corrected chi connectivity index (χ0v) is 20.1. The van der Waals surface area contributed by atoms with Crippen molar-refractivity contribution in [1.29, 1.82) is 0 Å². The number of aliphatic hydroxyl groups excluding tert-OH is 1. The van der Waals surface area contributed by atoms with Crippen LogP contribution in [0.15, 0.2) is 0 Å². The standard InChI is InChI=1S/C17H29N7O9S2/c18-6(4-34)13(28)21-7(1-11(19)26)14(29)23-9(3-25)16(31)22-8(2-12(20)27)15(30)24-10(5-35)17(32)33/h6-10,25,34-35H,1-5,18H2,(H2,19,26)(H2,20,27)(H,21,28)(H,22,31)(H,23,29)(H,24,30)(H,32,33)/t6-,7-,8-,9-,10-/m0/s1. The number of rotatable bonds is 16. The van der Waals surface area contributed by atoms with E-state index in [-0.39, 0.29) is 11.5 Å². The summed E-state index contributed by atoms with van der Waals surface area (Å²) in [7, 11) is 0. The van der Waals surface area contributed by atoms with Crippen molar-refractivity contribution in [2.45, 2.75) is 43.1 Å². The third kappa shape index (κ3) is 11.7. The highest BCUT2D eigenvalue weighted by molar-refractivity contribution is 7.80. The summed E-state index contributed by atoms with van der Waals surface area (Å²) in [5.74, 6) is -8.05. The molecular weight excluding hydrogens is 510 g/mol. The van der Waals surface area contributed by atoms with Crippen LogP contribution >= 0.6 is 25.3 Å². The molecule has 0 heterocycles. The number of aliphatic hydroxyl groups is 1. The average molecular weight is 540 g/mol. The van der Waals surface area contributed by atoms with E-state index >= 15 is 0 Å². The Morgan fingerprint density at radius 2 is 1.03 bits per heavy atom. The molecule has 0 saturated heterocycles. The second-order valence-corrected chi connectivity index (χ2v) is 7.81. The van der Waals surface area contributed by atoms with Crippen molar-refractivity contribution in [3.8, 4) is 0 Å². The Balaban J connectivity index is 5.51. The third-order valence-electron chi connectivity index (χ3n) is 4.22. The Labute approximate surface area is 210 Å². The van der Waals surface area contributed by atoms with Gasteiger partial charge in [-0.05, 0) is 0 Å². The number of carbonyl (C=O) groups excluding carboxylic acids is 6. The van der Waals surface area contributed by atoms with Crippen LogP contribution in [-0.4, -0.2) is 99.9 Å². The molecule has 0 spiro atoms. The van der Waals surface area contributed by atoms with Crippen molar-refractivity contribution in [2.75, 3.05) is 18.1 Å². The summed E-state index contributed by atoms with van der Waals surface area (Å²) in [6, 6.07) is -7.53. The zero-order chi connectivity index (χ0) is 27.3. The molecule has 12 N–H and O–H groups in total. The first kappa shape index (κ1) is 31.9. The number of aliphatic carboxylic acids is 1. The highest BCUT2D eigenvalue weighted by Crippen LogP contribution is 2.00. The molecule has 0 saturated carbocycles. The van der Waals surface area contributed by atoms with Crippen LogP contribution in [-0.2, 0) is 33.6 Å². The quantitative estimate of drug-likeness (QED) is 0.0825. The molecular formula is C17H29N7O9S2. The van der Waals surface area contributed by atoms with Gasteiger partial charge in [-0.1, -0.05) is 0 Å². The summed E-state index contributed by atoms with van der Waals surface area (Å²) in [6.45, 7) is -1.01. The fourth-order valence-electron chi connectivity index (χ4n) is 2.38. The van der Waals surface area contributed by atoms with Gasteiger partial charge in [0.2, 0.25) is 35.4 Å². The molecule has 0 aliphatic carbocycles. The fourth-order valence-corrected chi connectivity index (χ4v) is 2.79. The number of carboxylic acids is 1. The minimum Gasteiger partial charge on any atom is -0.480 e. The molecule has 0 aromatic heterocycles. The highest BCUT2D eigenvalue weighted by atomic mass is 32.1. The minimum atomic E-state index is -1.73. The number of carboxylic acid groups (broad SMARTS) is 1. The topological polar surface area (TPSA) is 286 Å². The molecule has 0 radical (unpaired) electrons. The molecule has 0 fully saturated rings. The van der Waals surface area contributed by atoms with Crippen LogP contribution in [0.1, 0.15) is 12.8 Å². The van der Waals surface area contributed by atoms with E-state index in [9.17, 15) is 38.7 Å². The molecule has 0 aromatic carbocycles. The van der Waals surface area contributed by atoms with Crippen molar-refractivity contribution in [3.05, 3.63) is 0 Å². The number of thiol groups is 2. The number of carbonyl (C=O) groups is 7. The molecule has 6 amide bonds. The van der Waals surface area contributed by atoms with Crippen molar-refractivity contribution in [3.63, 3.8) is 0 Å². The summed E-state index contributed by atoms with van der Waals surface area (Å²) in [5.41, 5.74) is 15.6. The minimum absolute atomic E-state index is 0.0856. The summed E-state index contributed by atoms with van der Waals surface area (Å²) >= 11 is 7.62. The van der Waals surface area contributed by atoms with Gasteiger partial charge in [-0.15, -0.1) is 0 Å². The largest absolute Gasteiger partial charge is 0.480 e.